The molecule has 0 unspecified atom stereocenters. The van der Waals surface area contributed by atoms with Crippen LogP contribution in [0.1, 0.15) is 15.1 Å². The average Bonchev–Trinajstić information content (AvgIpc) is 3.60. The molecule has 1 heterocycles. The second kappa shape index (κ2) is 9.44. The summed E-state index contributed by atoms with van der Waals surface area (Å²) in [5, 5.41) is 3.97. The van der Waals surface area contributed by atoms with Crippen molar-refractivity contribution in [3.05, 3.63) is 157 Å². The van der Waals surface area contributed by atoms with Gasteiger partial charge in [0, 0.05) is 10.8 Å². The maximum absolute atomic E-state index is 9.53. The standard InChI is InChI=1S/C42H26O/c1-2-10-30-25-31(22-19-27(30)9-1)28-17-20-29(21-18-28)41-34-12-3-5-14-36(34)42(37-15-6-4-13-35(37)41)32-23-24-40-38(26-32)33-11-7-8-16-39(33)43-40/h1-26H/i7D,8D,11D,16D,17D,18D,20D,21D,23D,24D,26D. The van der Waals surface area contributed by atoms with Crippen LogP contribution in [0.3, 0.4) is 0 Å². The fourth-order valence-electron chi connectivity index (χ4n) is 6.02. The highest BCUT2D eigenvalue weighted by molar-refractivity contribution is 6.22. The first-order valence-corrected chi connectivity index (χ1v) is 13.9. The summed E-state index contributed by atoms with van der Waals surface area (Å²) in [6, 6.07) is 23.9. The molecule has 0 saturated carbocycles. The average molecular weight is 558 g/mol. The Morgan fingerprint density at radius 3 is 1.67 bits per heavy atom. The summed E-state index contributed by atoms with van der Waals surface area (Å²) in [7, 11) is 0. The molecule has 0 aliphatic heterocycles. The number of rotatable bonds is 3. The van der Waals surface area contributed by atoms with Crippen LogP contribution in [-0.4, -0.2) is 0 Å². The molecule has 1 heteroatoms. The van der Waals surface area contributed by atoms with Gasteiger partial charge in [0.25, 0.3) is 0 Å². The summed E-state index contributed by atoms with van der Waals surface area (Å²) < 4.78 is 104. The van der Waals surface area contributed by atoms with Gasteiger partial charge in [-0.3, -0.25) is 0 Å². The highest BCUT2D eigenvalue weighted by atomic mass is 16.3. The van der Waals surface area contributed by atoms with Gasteiger partial charge in [0.05, 0.1) is 15.1 Å². The number of hydrogen-bond acceptors (Lipinski definition) is 1. The Morgan fingerprint density at radius 2 is 0.953 bits per heavy atom. The van der Waals surface area contributed by atoms with Gasteiger partial charge >= 0.3 is 0 Å². The second-order valence-electron chi connectivity index (χ2n) is 10.4. The Hall–Kier alpha value is -5.66. The molecule has 200 valence electrons. The van der Waals surface area contributed by atoms with E-state index in [0.29, 0.717) is 38.2 Å². The van der Waals surface area contributed by atoms with Crippen LogP contribution in [-0.2, 0) is 0 Å². The van der Waals surface area contributed by atoms with E-state index in [4.69, 9.17) is 11.3 Å². The predicted molar refractivity (Wildman–Crippen MR) is 183 cm³/mol. The summed E-state index contributed by atoms with van der Waals surface area (Å²) in [5.41, 5.74) is 1.36. The maximum Gasteiger partial charge on any atom is 0.135 e. The Balaban J connectivity index is 1.39. The molecule has 0 amide bonds. The molecule has 1 nitrogen and oxygen atoms in total. The quantitative estimate of drug-likeness (QED) is 0.197. The molecule has 0 radical (unpaired) electrons. The minimum absolute atomic E-state index is 0.00546. The van der Waals surface area contributed by atoms with Gasteiger partial charge in [-0.2, -0.15) is 0 Å². The highest BCUT2D eigenvalue weighted by Gasteiger charge is 2.17. The lowest BCUT2D eigenvalue weighted by atomic mass is 9.85. The molecular weight excluding hydrogens is 520 g/mol. The normalized spacial score (nSPS) is 15.3. The van der Waals surface area contributed by atoms with Gasteiger partial charge in [-0.15, -0.1) is 0 Å². The van der Waals surface area contributed by atoms with Crippen molar-refractivity contribution in [2.75, 3.05) is 0 Å². The van der Waals surface area contributed by atoms with Crippen molar-refractivity contribution in [1.29, 1.82) is 0 Å². The Labute approximate surface area is 264 Å². The van der Waals surface area contributed by atoms with Crippen molar-refractivity contribution in [2.45, 2.75) is 0 Å². The molecule has 0 aliphatic carbocycles. The number of furan rings is 1. The minimum Gasteiger partial charge on any atom is -0.456 e. The monoisotopic (exact) mass is 557 g/mol. The van der Waals surface area contributed by atoms with Crippen molar-refractivity contribution >= 4 is 54.3 Å². The van der Waals surface area contributed by atoms with Gasteiger partial charge < -0.3 is 4.42 Å². The van der Waals surface area contributed by atoms with Crippen LogP contribution >= 0.6 is 0 Å². The lowest BCUT2D eigenvalue weighted by molar-refractivity contribution is 0.669. The van der Waals surface area contributed by atoms with Crippen LogP contribution in [0.15, 0.2) is 162 Å². The Kier molecular flexibility index (Phi) is 3.41. The molecule has 8 aromatic carbocycles. The topological polar surface area (TPSA) is 13.1 Å². The molecule has 43 heavy (non-hydrogen) atoms. The van der Waals surface area contributed by atoms with E-state index in [2.05, 4.69) is 0 Å². The van der Waals surface area contributed by atoms with E-state index < -0.39 is 24.2 Å². The number of benzene rings is 8. The lowest BCUT2D eigenvalue weighted by Crippen LogP contribution is -1.91. The molecule has 0 atom stereocenters. The molecule has 0 fully saturated rings. The molecule has 1 aromatic heterocycles. The van der Waals surface area contributed by atoms with Crippen molar-refractivity contribution in [2.24, 2.45) is 0 Å². The summed E-state index contributed by atoms with van der Waals surface area (Å²) in [5.74, 6) is 0. The minimum atomic E-state index is -0.511. The third kappa shape index (κ3) is 3.79. The fraction of sp³-hybridized carbons (Fsp3) is 0. The zero-order valence-electron chi connectivity index (χ0n) is 33.6. The Bertz CT molecular complexity index is 3040. The van der Waals surface area contributed by atoms with E-state index in [1.807, 2.05) is 36.4 Å². The summed E-state index contributed by atoms with van der Waals surface area (Å²) >= 11 is 0. The molecule has 0 aliphatic rings. The van der Waals surface area contributed by atoms with Crippen molar-refractivity contribution in [3.8, 4) is 33.4 Å². The van der Waals surface area contributed by atoms with Gasteiger partial charge in [-0.05, 0) is 89.9 Å². The molecule has 0 N–H and O–H groups in total. The molecule has 0 bridgehead atoms. The van der Waals surface area contributed by atoms with E-state index in [1.54, 1.807) is 54.6 Å². The van der Waals surface area contributed by atoms with E-state index in [0.717, 1.165) is 10.8 Å². The van der Waals surface area contributed by atoms with Crippen LogP contribution in [0.25, 0.3) is 87.6 Å². The van der Waals surface area contributed by atoms with Crippen molar-refractivity contribution in [1.82, 2.24) is 0 Å². The molecule has 9 aromatic rings. The highest BCUT2D eigenvalue weighted by Crippen LogP contribution is 2.45. The van der Waals surface area contributed by atoms with Gasteiger partial charge in [0.15, 0.2) is 0 Å². The molecule has 0 saturated heterocycles. The number of para-hydroxylation sites is 1. The van der Waals surface area contributed by atoms with Crippen LogP contribution in [0.4, 0.5) is 0 Å². The van der Waals surface area contributed by atoms with E-state index in [9.17, 15) is 8.22 Å². The van der Waals surface area contributed by atoms with E-state index >= 15 is 0 Å². The second-order valence-corrected chi connectivity index (χ2v) is 10.4. The smallest absolute Gasteiger partial charge is 0.135 e. The van der Waals surface area contributed by atoms with Crippen LogP contribution in [0.5, 0.6) is 0 Å². The molecular formula is C42H26O. The van der Waals surface area contributed by atoms with Crippen molar-refractivity contribution < 1.29 is 19.5 Å². The molecule has 9 rings (SSSR count). The van der Waals surface area contributed by atoms with E-state index in [-0.39, 0.29) is 80.9 Å². The summed E-state index contributed by atoms with van der Waals surface area (Å²) in [6.45, 7) is 0. The summed E-state index contributed by atoms with van der Waals surface area (Å²) in [6.07, 6.45) is 0. The van der Waals surface area contributed by atoms with Crippen LogP contribution in [0, 0.1) is 0 Å². The van der Waals surface area contributed by atoms with E-state index in [1.165, 1.54) is 0 Å². The zero-order valence-corrected chi connectivity index (χ0v) is 22.6. The fourth-order valence-corrected chi connectivity index (χ4v) is 6.02. The van der Waals surface area contributed by atoms with Crippen molar-refractivity contribution in [3.63, 3.8) is 0 Å². The largest absolute Gasteiger partial charge is 0.456 e. The maximum atomic E-state index is 9.53. The lowest BCUT2D eigenvalue weighted by Gasteiger charge is -2.18. The predicted octanol–water partition coefficient (Wildman–Crippen LogP) is 12.0. The third-order valence-electron chi connectivity index (χ3n) is 7.98. The van der Waals surface area contributed by atoms with Gasteiger partial charge in [0.1, 0.15) is 11.2 Å². The number of fused-ring (bicyclic) bond motifs is 6. The first kappa shape index (κ1) is 15.5. The van der Waals surface area contributed by atoms with Gasteiger partial charge in [-0.1, -0.05) is 133 Å². The first-order chi connectivity index (χ1) is 25.9. The third-order valence-corrected chi connectivity index (χ3v) is 7.98. The SMILES string of the molecule is [2H]c1c([2H])c(-c2c3ccccc3c(-c3c([2H])c([2H])c4oc5c([2H])c([2H])c([2H])c([2H])c5c4c3[2H])c3ccccc23)c([2H])c([2H])c1-c1ccc2ccccc2c1. The van der Waals surface area contributed by atoms with Gasteiger partial charge in [0.2, 0.25) is 0 Å². The summed E-state index contributed by atoms with van der Waals surface area (Å²) in [4.78, 5) is 0. The van der Waals surface area contributed by atoms with Crippen LogP contribution in [0.2, 0.25) is 0 Å². The Morgan fingerprint density at radius 1 is 0.395 bits per heavy atom. The number of hydrogen-bond donors (Lipinski definition) is 0. The zero-order chi connectivity index (χ0) is 37.9. The van der Waals surface area contributed by atoms with Gasteiger partial charge in [-0.25, -0.2) is 0 Å². The van der Waals surface area contributed by atoms with Crippen LogP contribution < -0.4 is 0 Å². The first-order valence-electron chi connectivity index (χ1n) is 19.4. The molecule has 0 spiro atoms.